The van der Waals surface area contributed by atoms with Crippen molar-refractivity contribution in [2.45, 2.75) is 57.9 Å². The lowest BCUT2D eigenvalue weighted by atomic mass is 9.87. The summed E-state index contributed by atoms with van der Waals surface area (Å²) in [7, 11) is -3.78. The molecule has 0 heterocycles. The van der Waals surface area contributed by atoms with Gasteiger partial charge in [0.05, 0.1) is 10.9 Å². The van der Waals surface area contributed by atoms with Gasteiger partial charge in [-0.3, -0.25) is 4.79 Å². The van der Waals surface area contributed by atoms with Crippen LogP contribution in [0.15, 0.2) is 47.4 Å². The van der Waals surface area contributed by atoms with E-state index in [2.05, 4.69) is 30.8 Å². The number of amides is 1. The van der Waals surface area contributed by atoms with Gasteiger partial charge >= 0.3 is 0 Å². The van der Waals surface area contributed by atoms with Gasteiger partial charge in [0.2, 0.25) is 15.9 Å². The summed E-state index contributed by atoms with van der Waals surface area (Å²) in [6, 6.07) is 11.4. The van der Waals surface area contributed by atoms with Gasteiger partial charge in [-0.15, -0.1) is 0 Å². The fourth-order valence-corrected chi connectivity index (χ4v) is 3.76. The first kappa shape index (κ1) is 21.1. The molecule has 0 radical (unpaired) electrons. The van der Waals surface area contributed by atoms with Crippen LogP contribution in [0.2, 0.25) is 0 Å². The van der Waals surface area contributed by atoms with Crippen molar-refractivity contribution in [3.8, 4) is 0 Å². The van der Waals surface area contributed by atoms with Crippen LogP contribution in [0.5, 0.6) is 0 Å². The minimum absolute atomic E-state index is 0.0604. The van der Waals surface area contributed by atoms with Crippen LogP contribution >= 0.6 is 0 Å². The monoisotopic (exact) mass is 388 g/mol. The van der Waals surface area contributed by atoms with Gasteiger partial charge in [-0.05, 0) is 67.1 Å². The van der Waals surface area contributed by atoms with E-state index in [1.54, 1.807) is 30.3 Å². The van der Waals surface area contributed by atoms with E-state index >= 15 is 0 Å². The van der Waals surface area contributed by atoms with E-state index in [1.807, 2.05) is 26.0 Å². The number of benzene rings is 2. The zero-order chi connectivity index (χ0) is 20.4. The average Bonchev–Trinajstić information content (AvgIpc) is 2.57. The van der Waals surface area contributed by atoms with Crippen molar-refractivity contribution in [3.05, 3.63) is 59.2 Å². The summed E-state index contributed by atoms with van der Waals surface area (Å²) in [5.74, 6) is -0.409. The maximum Gasteiger partial charge on any atom is 0.242 e. The largest absolute Gasteiger partial charge is 0.325 e. The highest BCUT2D eigenvalue weighted by Crippen LogP contribution is 2.23. The second kappa shape index (κ2) is 7.82. The van der Waals surface area contributed by atoms with Gasteiger partial charge in [0.15, 0.2) is 0 Å². The number of hydrogen-bond donors (Lipinski definition) is 2. The number of nitrogens with one attached hydrogen (secondary N) is 2. The number of aryl methyl sites for hydroxylation is 2. The third-order valence-corrected chi connectivity index (χ3v) is 6.09. The molecule has 0 saturated heterocycles. The van der Waals surface area contributed by atoms with E-state index in [-0.39, 0.29) is 10.3 Å². The second-order valence-electron chi connectivity index (χ2n) is 7.91. The van der Waals surface area contributed by atoms with Crippen molar-refractivity contribution < 1.29 is 13.2 Å². The molecule has 1 amide bonds. The predicted octanol–water partition coefficient (Wildman–Crippen LogP) is 3.91. The lowest BCUT2D eigenvalue weighted by Crippen LogP contribution is -2.41. The number of carbonyl (C=O) groups excluding carboxylic acids is 1. The molecule has 2 N–H and O–H groups in total. The van der Waals surface area contributed by atoms with Crippen molar-refractivity contribution >= 4 is 21.6 Å². The van der Waals surface area contributed by atoms with Gasteiger partial charge in [-0.25, -0.2) is 8.42 Å². The predicted molar refractivity (Wildman–Crippen MR) is 109 cm³/mol. The van der Waals surface area contributed by atoms with Crippen molar-refractivity contribution in [2.24, 2.45) is 0 Å². The van der Waals surface area contributed by atoms with Crippen LogP contribution in [0, 0.1) is 13.8 Å². The normalized spacial score (nSPS) is 13.3. The number of hydrogen-bond acceptors (Lipinski definition) is 3. The van der Waals surface area contributed by atoms with Gasteiger partial charge in [0.25, 0.3) is 0 Å². The molecule has 0 saturated carbocycles. The third kappa shape index (κ3) is 5.40. The van der Waals surface area contributed by atoms with E-state index in [0.29, 0.717) is 5.69 Å². The van der Waals surface area contributed by atoms with Crippen LogP contribution in [-0.2, 0) is 20.2 Å². The molecule has 0 aliphatic rings. The summed E-state index contributed by atoms with van der Waals surface area (Å²) in [6.07, 6.45) is 0. The molecular weight excluding hydrogens is 360 g/mol. The Balaban J connectivity index is 2.09. The molecule has 0 unspecified atom stereocenters. The zero-order valence-corrected chi connectivity index (χ0v) is 17.6. The molecule has 0 aromatic heterocycles. The molecule has 6 heteroatoms. The molecule has 1 atom stereocenters. The van der Waals surface area contributed by atoms with Gasteiger partial charge in [-0.1, -0.05) is 39.0 Å². The highest BCUT2D eigenvalue weighted by molar-refractivity contribution is 7.89. The first-order valence-corrected chi connectivity index (χ1v) is 10.4. The van der Waals surface area contributed by atoms with Crippen molar-refractivity contribution in [2.75, 3.05) is 5.32 Å². The van der Waals surface area contributed by atoms with Crippen LogP contribution in [0.4, 0.5) is 5.69 Å². The van der Waals surface area contributed by atoms with Crippen LogP contribution < -0.4 is 10.0 Å². The van der Waals surface area contributed by atoms with Gasteiger partial charge in [0.1, 0.15) is 0 Å². The summed E-state index contributed by atoms with van der Waals surface area (Å²) in [5, 5.41) is 2.75. The molecule has 2 rings (SSSR count). The van der Waals surface area contributed by atoms with Crippen LogP contribution in [0.25, 0.3) is 0 Å². The van der Waals surface area contributed by atoms with Gasteiger partial charge in [-0.2, -0.15) is 4.72 Å². The zero-order valence-electron chi connectivity index (χ0n) is 16.8. The first-order valence-electron chi connectivity index (χ1n) is 8.91. The van der Waals surface area contributed by atoms with Crippen LogP contribution in [-0.4, -0.2) is 20.4 Å². The number of sulfonamides is 1. The van der Waals surface area contributed by atoms with E-state index < -0.39 is 22.0 Å². The molecule has 2 aromatic rings. The topological polar surface area (TPSA) is 75.3 Å². The Hall–Kier alpha value is -2.18. The Morgan fingerprint density at radius 3 is 2.07 bits per heavy atom. The fraction of sp³-hybridized carbons (Fsp3) is 0.381. The molecule has 146 valence electrons. The average molecular weight is 389 g/mol. The quantitative estimate of drug-likeness (QED) is 0.815. The molecule has 5 nitrogen and oxygen atoms in total. The molecular formula is C21H28N2O3S. The van der Waals surface area contributed by atoms with E-state index in [0.717, 1.165) is 16.7 Å². The van der Waals surface area contributed by atoms with Gasteiger partial charge in [0, 0.05) is 5.69 Å². The Morgan fingerprint density at radius 2 is 1.56 bits per heavy atom. The van der Waals surface area contributed by atoms with E-state index in [1.165, 1.54) is 6.92 Å². The van der Waals surface area contributed by atoms with Gasteiger partial charge < -0.3 is 5.32 Å². The lowest BCUT2D eigenvalue weighted by Gasteiger charge is -2.19. The van der Waals surface area contributed by atoms with Crippen molar-refractivity contribution in [3.63, 3.8) is 0 Å². The highest BCUT2D eigenvalue weighted by Gasteiger charge is 2.23. The first-order chi connectivity index (χ1) is 12.4. The summed E-state index contributed by atoms with van der Waals surface area (Å²) in [5.41, 5.74) is 3.81. The summed E-state index contributed by atoms with van der Waals surface area (Å²) in [4.78, 5) is 12.5. The lowest BCUT2D eigenvalue weighted by molar-refractivity contribution is -0.117. The van der Waals surface area contributed by atoms with Crippen LogP contribution in [0.1, 0.15) is 44.4 Å². The number of anilines is 1. The molecule has 0 aliphatic heterocycles. The number of carbonyl (C=O) groups is 1. The molecule has 0 bridgehead atoms. The maximum absolute atomic E-state index is 12.6. The smallest absolute Gasteiger partial charge is 0.242 e. The minimum Gasteiger partial charge on any atom is -0.325 e. The van der Waals surface area contributed by atoms with Crippen molar-refractivity contribution in [1.29, 1.82) is 0 Å². The third-order valence-electron chi connectivity index (χ3n) is 4.53. The Kier molecular flexibility index (Phi) is 6.12. The Morgan fingerprint density at radius 1 is 0.963 bits per heavy atom. The molecule has 0 aliphatic carbocycles. The van der Waals surface area contributed by atoms with E-state index in [9.17, 15) is 13.2 Å². The van der Waals surface area contributed by atoms with Crippen molar-refractivity contribution in [1.82, 2.24) is 4.72 Å². The molecule has 2 aromatic carbocycles. The minimum atomic E-state index is -3.78. The summed E-state index contributed by atoms with van der Waals surface area (Å²) < 4.78 is 27.6. The maximum atomic E-state index is 12.6. The fourth-order valence-electron chi connectivity index (χ4n) is 2.56. The second-order valence-corrected chi connectivity index (χ2v) is 9.62. The van der Waals surface area contributed by atoms with E-state index in [4.69, 9.17) is 0 Å². The SMILES string of the molecule is Cc1ccc(NC(=O)[C@H](C)NS(=O)(=O)c2ccc(C(C)(C)C)cc2)cc1C. The summed E-state index contributed by atoms with van der Waals surface area (Å²) in [6.45, 7) is 11.7. The summed E-state index contributed by atoms with van der Waals surface area (Å²) >= 11 is 0. The number of rotatable bonds is 5. The molecule has 0 fully saturated rings. The standard InChI is InChI=1S/C21H28N2O3S/c1-14-7-10-18(13-15(14)2)22-20(24)16(3)23-27(25,26)19-11-8-17(9-12-19)21(4,5)6/h7-13,16,23H,1-6H3,(H,22,24)/t16-/m0/s1. The highest BCUT2D eigenvalue weighted by atomic mass is 32.2. The molecule has 0 spiro atoms. The van der Waals surface area contributed by atoms with Crippen LogP contribution in [0.3, 0.4) is 0 Å². The Bertz CT molecular complexity index is 927. The molecule has 27 heavy (non-hydrogen) atoms. The Labute approximate surface area is 162 Å².